The van der Waals surface area contributed by atoms with Crippen molar-refractivity contribution < 1.29 is 13.2 Å². The largest absolute Gasteiger partial charge is 0.324 e. The number of nitrogens with one attached hydrogen (secondary N) is 1. The molecule has 2 aromatic carbocycles. The molecule has 7 heteroatoms. The first-order chi connectivity index (χ1) is 13.8. The smallest absolute Gasteiger partial charge is 0.247 e. The molecule has 29 heavy (non-hydrogen) atoms. The zero-order chi connectivity index (χ0) is 20.9. The van der Waals surface area contributed by atoms with Gasteiger partial charge in [-0.15, -0.1) is 0 Å². The third-order valence-electron chi connectivity index (χ3n) is 4.48. The lowest BCUT2D eigenvalue weighted by atomic mass is 10.1. The molecule has 6 nitrogen and oxygen atoms in total. The molecule has 0 radical (unpaired) electrons. The van der Waals surface area contributed by atoms with Gasteiger partial charge in [-0.3, -0.25) is 14.1 Å². The second kappa shape index (κ2) is 8.87. The van der Waals surface area contributed by atoms with Gasteiger partial charge in [0.1, 0.15) is 6.04 Å². The number of pyridine rings is 1. The lowest BCUT2D eigenvalue weighted by molar-refractivity contribution is -0.116. The topological polar surface area (TPSA) is 79.4 Å². The quantitative estimate of drug-likeness (QED) is 0.648. The first-order valence-corrected chi connectivity index (χ1v) is 11.0. The van der Waals surface area contributed by atoms with Crippen LogP contribution in [-0.4, -0.2) is 31.6 Å². The van der Waals surface area contributed by atoms with E-state index in [0.29, 0.717) is 11.4 Å². The summed E-state index contributed by atoms with van der Waals surface area (Å²) in [7, 11) is -3.63. The van der Waals surface area contributed by atoms with Crippen molar-refractivity contribution in [2.45, 2.75) is 19.4 Å². The fraction of sp³-hybridized carbons (Fsp3) is 0.182. The molecule has 1 atom stereocenters. The van der Waals surface area contributed by atoms with Crippen LogP contribution in [0.4, 0.5) is 11.4 Å². The van der Waals surface area contributed by atoms with Crippen LogP contribution in [0.3, 0.4) is 0 Å². The molecule has 1 heterocycles. The monoisotopic (exact) mass is 409 g/mol. The van der Waals surface area contributed by atoms with Gasteiger partial charge in [0, 0.05) is 18.1 Å². The van der Waals surface area contributed by atoms with Crippen molar-refractivity contribution in [1.82, 2.24) is 4.98 Å². The van der Waals surface area contributed by atoms with Gasteiger partial charge in [-0.05, 0) is 60.9 Å². The zero-order valence-corrected chi connectivity index (χ0v) is 17.1. The van der Waals surface area contributed by atoms with Crippen LogP contribution >= 0.6 is 0 Å². The van der Waals surface area contributed by atoms with Gasteiger partial charge in [-0.1, -0.05) is 30.3 Å². The predicted molar refractivity (Wildman–Crippen MR) is 115 cm³/mol. The maximum atomic E-state index is 12.7. The van der Waals surface area contributed by atoms with Crippen molar-refractivity contribution in [2.24, 2.45) is 0 Å². The van der Waals surface area contributed by atoms with Gasteiger partial charge in [0.2, 0.25) is 15.9 Å². The van der Waals surface area contributed by atoms with E-state index < -0.39 is 22.0 Å². The molecular weight excluding hydrogens is 386 g/mol. The third kappa shape index (κ3) is 5.42. The molecule has 0 aliphatic rings. The number of hydrogen-bond acceptors (Lipinski definition) is 4. The summed E-state index contributed by atoms with van der Waals surface area (Å²) in [6.45, 7) is 1.57. The molecular formula is C22H23N3O3S. The highest BCUT2D eigenvalue weighted by Gasteiger charge is 2.29. The Bertz CT molecular complexity index is 1050. The van der Waals surface area contributed by atoms with Gasteiger partial charge in [0.05, 0.1) is 11.9 Å². The highest BCUT2D eigenvalue weighted by atomic mass is 32.2. The van der Waals surface area contributed by atoms with Crippen molar-refractivity contribution >= 4 is 27.3 Å². The summed E-state index contributed by atoms with van der Waals surface area (Å²) in [6, 6.07) is 19.1. The highest BCUT2D eigenvalue weighted by molar-refractivity contribution is 7.92. The standard InChI is InChI=1S/C22H23N3O3S/c1-17(25(29(2,27)28)21-6-4-3-5-7-21)22(26)24-20-10-8-18(9-11-20)16-19-12-14-23-15-13-19/h3-15,17H,16H2,1-2H3,(H,24,26). The molecule has 0 saturated carbocycles. The average Bonchev–Trinajstić information content (AvgIpc) is 2.70. The summed E-state index contributed by atoms with van der Waals surface area (Å²) in [6.07, 6.45) is 5.37. The number of anilines is 2. The number of benzene rings is 2. The Morgan fingerprint density at radius 3 is 2.14 bits per heavy atom. The van der Waals surface area contributed by atoms with Crippen LogP contribution in [0.25, 0.3) is 0 Å². The minimum Gasteiger partial charge on any atom is -0.324 e. The van der Waals surface area contributed by atoms with Crippen molar-refractivity contribution in [3.05, 3.63) is 90.3 Å². The van der Waals surface area contributed by atoms with E-state index in [1.807, 2.05) is 36.4 Å². The molecule has 1 amide bonds. The van der Waals surface area contributed by atoms with Gasteiger partial charge in [0.25, 0.3) is 0 Å². The SMILES string of the molecule is CC(C(=O)Nc1ccc(Cc2ccncc2)cc1)N(c1ccccc1)S(C)(=O)=O. The summed E-state index contributed by atoms with van der Waals surface area (Å²) in [5, 5.41) is 2.80. The molecule has 0 spiro atoms. The Labute approximate surface area is 171 Å². The van der Waals surface area contributed by atoms with Crippen LogP contribution in [0.5, 0.6) is 0 Å². The molecule has 3 aromatic rings. The van der Waals surface area contributed by atoms with E-state index in [2.05, 4.69) is 10.3 Å². The van der Waals surface area contributed by atoms with Crippen LogP contribution in [0.15, 0.2) is 79.1 Å². The van der Waals surface area contributed by atoms with Crippen LogP contribution in [-0.2, 0) is 21.2 Å². The third-order valence-corrected chi connectivity index (χ3v) is 5.72. The van der Waals surface area contributed by atoms with Crippen molar-refractivity contribution in [3.63, 3.8) is 0 Å². The van der Waals surface area contributed by atoms with Gasteiger partial charge in [-0.25, -0.2) is 8.42 Å². The van der Waals surface area contributed by atoms with E-state index in [9.17, 15) is 13.2 Å². The predicted octanol–water partition coefficient (Wildman–Crippen LogP) is 3.47. The number of rotatable bonds is 7. The number of aromatic nitrogens is 1. The minimum absolute atomic E-state index is 0.402. The maximum absolute atomic E-state index is 12.7. The molecule has 150 valence electrons. The molecule has 1 N–H and O–H groups in total. The number of carbonyl (C=O) groups excluding carboxylic acids is 1. The van der Waals surface area contributed by atoms with Gasteiger partial charge >= 0.3 is 0 Å². The summed E-state index contributed by atoms with van der Waals surface area (Å²) >= 11 is 0. The molecule has 0 fully saturated rings. The lowest BCUT2D eigenvalue weighted by Gasteiger charge is -2.28. The van der Waals surface area contributed by atoms with Crippen LogP contribution in [0.2, 0.25) is 0 Å². The van der Waals surface area contributed by atoms with E-state index in [1.54, 1.807) is 49.6 Å². The molecule has 0 saturated heterocycles. The van der Waals surface area contributed by atoms with E-state index in [-0.39, 0.29) is 0 Å². The van der Waals surface area contributed by atoms with E-state index in [4.69, 9.17) is 0 Å². The summed E-state index contributed by atoms with van der Waals surface area (Å²) in [5.74, 6) is -0.402. The minimum atomic E-state index is -3.63. The van der Waals surface area contributed by atoms with Gasteiger partial charge in [0.15, 0.2) is 0 Å². The lowest BCUT2D eigenvalue weighted by Crippen LogP contribution is -2.45. The van der Waals surface area contributed by atoms with Crippen LogP contribution in [0.1, 0.15) is 18.1 Å². The number of nitrogens with zero attached hydrogens (tertiary/aromatic N) is 2. The van der Waals surface area contributed by atoms with Crippen molar-refractivity contribution in [2.75, 3.05) is 15.9 Å². The van der Waals surface area contributed by atoms with E-state index in [1.165, 1.54) is 0 Å². The second-order valence-electron chi connectivity index (χ2n) is 6.79. The van der Waals surface area contributed by atoms with Gasteiger partial charge in [-0.2, -0.15) is 0 Å². The second-order valence-corrected chi connectivity index (χ2v) is 8.65. The molecule has 0 bridgehead atoms. The molecule has 0 aliphatic heterocycles. The maximum Gasteiger partial charge on any atom is 0.247 e. The summed E-state index contributed by atoms with van der Waals surface area (Å²) in [5.41, 5.74) is 3.31. The summed E-state index contributed by atoms with van der Waals surface area (Å²) < 4.78 is 25.7. The first kappa shape index (κ1) is 20.5. The number of hydrogen-bond donors (Lipinski definition) is 1. The molecule has 1 aromatic heterocycles. The molecule has 1 unspecified atom stereocenters. The van der Waals surface area contributed by atoms with Crippen LogP contribution in [0, 0.1) is 0 Å². The number of carbonyl (C=O) groups is 1. The Morgan fingerprint density at radius 2 is 1.55 bits per heavy atom. The molecule has 0 aliphatic carbocycles. The summed E-state index contributed by atoms with van der Waals surface area (Å²) in [4.78, 5) is 16.7. The van der Waals surface area contributed by atoms with Crippen LogP contribution < -0.4 is 9.62 Å². The molecule has 3 rings (SSSR count). The van der Waals surface area contributed by atoms with Gasteiger partial charge < -0.3 is 5.32 Å². The van der Waals surface area contributed by atoms with Crippen molar-refractivity contribution in [3.8, 4) is 0 Å². The number of amides is 1. The normalized spacial score (nSPS) is 12.2. The van der Waals surface area contributed by atoms with Crippen molar-refractivity contribution in [1.29, 1.82) is 0 Å². The Balaban J connectivity index is 1.71. The first-order valence-electron chi connectivity index (χ1n) is 9.18. The highest BCUT2D eigenvalue weighted by Crippen LogP contribution is 2.21. The average molecular weight is 410 g/mol. The van der Waals surface area contributed by atoms with E-state index >= 15 is 0 Å². The van der Waals surface area contributed by atoms with E-state index in [0.717, 1.165) is 28.1 Å². The fourth-order valence-electron chi connectivity index (χ4n) is 3.07. The Hall–Kier alpha value is -3.19. The number of sulfonamides is 1. The Morgan fingerprint density at radius 1 is 0.966 bits per heavy atom. The fourth-order valence-corrected chi connectivity index (χ4v) is 4.25. The number of para-hydroxylation sites is 1. The zero-order valence-electron chi connectivity index (χ0n) is 16.3. The Kier molecular flexibility index (Phi) is 6.29.